The molecule has 1 aromatic rings. The molecule has 9 heteroatoms. The molecule has 0 saturated heterocycles. The Morgan fingerprint density at radius 2 is 1.96 bits per heavy atom. The molecule has 0 bridgehead atoms. The second kappa shape index (κ2) is 7.40. The highest BCUT2D eigenvalue weighted by Crippen LogP contribution is 2.12. The van der Waals surface area contributed by atoms with E-state index in [1.165, 1.54) is 18.3 Å². The van der Waals surface area contributed by atoms with Gasteiger partial charge in [-0.3, -0.25) is 9.52 Å². The minimum atomic E-state index is -4.00. The molecule has 0 aromatic carbocycles. The van der Waals surface area contributed by atoms with Crippen molar-refractivity contribution < 1.29 is 27.5 Å². The number of carbonyl (C=O) groups excluding carboxylic acids is 2. The van der Waals surface area contributed by atoms with E-state index in [1.54, 1.807) is 27.7 Å². The summed E-state index contributed by atoms with van der Waals surface area (Å²) in [6.45, 7) is 6.75. The van der Waals surface area contributed by atoms with Gasteiger partial charge < -0.3 is 9.47 Å². The van der Waals surface area contributed by atoms with Crippen molar-refractivity contribution in [3.63, 3.8) is 0 Å². The van der Waals surface area contributed by atoms with Crippen molar-refractivity contribution in [2.24, 2.45) is 0 Å². The van der Waals surface area contributed by atoms with Gasteiger partial charge in [0.25, 0.3) is 0 Å². The first-order chi connectivity index (χ1) is 10.5. The Bertz CT molecular complexity index is 679. The first kappa shape index (κ1) is 18.9. The zero-order valence-corrected chi connectivity index (χ0v) is 14.3. The summed E-state index contributed by atoms with van der Waals surface area (Å²) in [4.78, 5) is 27.0. The van der Waals surface area contributed by atoms with E-state index < -0.39 is 33.3 Å². The van der Waals surface area contributed by atoms with Crippen molar-refractivity contribution in [1.82, 2.24) is 4.98 Å². The van der Waals surface area contributed by atoms with Crippen LogP contribution in [0.15, 0.2) is 18.3 Å². The van der Waals surface area contributed by atoms with Gasteiger partial charge in [-0.2, -0.15) is 0 Å². The van der Waals surface area contributed by atoms with Crippen LogP contribution in [0.3, 0.4) is 0 Å². The molecule has 8 nitrogen and oxygen atoms in total. The quantitative estimate of drug-likeness (QED) is 0.775. The summed E-state index contributed by atoms with van der Waals surface area (Å²) in [5.41, 5.74) is -0.633. The van der Waals surface area contributed by atoms with Crippen LogP contribution in [0.25, 0.3) is 0 Å². The Morgan fingerprint density at radius 1 is 1.30 bits per heavy atom. The Morgan fingerprint density at radius 3 is 2.52 bits per heavy atom. The van der Waals surface area contributed by atoms with Crippen molar-refractivity contribution >= 4 is 27.8 Å². The molecule has 1 N–H and O–H groups in total. The fraction of sp³-hybridized carbons (Fsp3) is 0.500. The highest BCUT2D eigenvalue weighted by Gasteiger charge is 2.23. The lowest BCUT2D eigenvalue weighted by molar-refractivity contribution is -0.151. The third-order valence-electron chi connectivity index (χ3n) is 2.26. The van der Waals surface area contributed by atoms with Gasteiger partial charge in [0.05, 0.1) is 12.2 Å². The lowest BCUT2D eigenvalue weighted by Gasteiger charge is -2.19. The average molecular weight is 344 g/mol. The zero-order chi connectivity index (χ0) is 17.7. The summed E-state index contributed by atoms with van der Waals surface area (Å²) in [6, 6.07) is 2.62. The topological polar surface area (TPSA) is 112 Å². The van der Waals surface area contributed by atoms with Crippen LogP contribution in [0, 0.1) is 0 Å². The molecule has 23 heavy (non-hydrogen) atoms. The van der Waals surface area contributed by atoms with Gasteiger partial charge in [0.1, 0.15) is 11.4 Å². The number of nitrogens with zero attached hydrogens (tertiary/aromatic N) is 1. The predicted molar refractivity (Wildman–Crippen MR) is 83.4 cm³/mol. The first-order valence-corrected chi connectivity index (χ1v) is 8.53. The van der Waals surface area contributed by atoms with E-state index in [0.717, 1.165) is 0 Å². The maximum atomic E-state index is 11.9. The number of ether oxygens (including phenoxy) is 2. The molecule has 0 atom stereocenters. The number of carbonyl (C=O) groups is 2. The van der Waals surface area contributed by atoms with Gasteiger partial charge in [0.2, 0.25) is 10.0 Å². The number of hydrogen-bond acceptors (Lipinski definition) is 7. The summed E-state index contributed by atoms with van der Waals surface area (Å²) in [6.07, 6.45) is 1.26. The van der Waals surface area contributed by atoms with Crippen LogP contribution in [0.2, 0.25) is 0 Å². The lowest BCUT2D eigenvalue weighted by Crippen LogP contribution is -2.31. The van der Waals surface area contributed by atoms with Crippen LogP contribution in [0.5, 0.6) is 0 Å². The van der Waals surface area contributed by atoms with E-state index in [2.05, 4.69) is 9.71 Å². The number of anilines is 1. The maximum absolute atomic E-state index is 11.9. The zero-order valence-electron chi connectivity index (χ0n) is 13.5. The molecular weight excluding hydrogens is 324 g/mol. The standard InChI is InChI=1S/C14H20N2O6S/c1-5-21-13(18)10-6-7-15-11(8-10)16-23(19,20)9-12(17)22-14(2,3)4/h6-8H,5,9H2,1-4H3,(H,15,16). The Labute approximate surface area is 135 Å². The summed E-state index contributed by atoms with van der Waals surface area (Å²) >= 11 is 0. The fourth-order valence-corrected chi connectivity index (χ4v) is 2.42. The van der Waals surface area contributed by atoms with Crippen LogP contribution in [-0.2, 0) is 24.3 Å². The van der Waals surface area contributed by atoms with E-state index in [1.807, 2.05) is 0 Å². The van der Waals surface area contributed by atoms with Crippen LogP contribution in [-0.4, -0.2) is 43.3 Å². The number of esters is 2. The number of aromatic nitrogens is 1. The SMILES string of the molecule is CCOC(=O)c1ccnc(NS(=O)(=O)CC(=O)OC(C)(C)C)c1. The summed E-state index contributed by atoms with van der Waals surface area (Å²) in [5, 5.41) is 0. The molecule has 128 valence electrons. The molecule has 0 amide bonds. The van der Waals surface area contributed by atoms with Gasteiger partial charge in [-0.05, 0) is 39.8 Å². The van der Waals surface area contributed by atoms with E-state index in [9.17, 15) is 18.0 Å². The number of pyridine rings is 1. The molecule has 1 rings (SSSR count). The molecule has 0 unspecified atom stereocenters. The lowest BCUT2D eigenvalue weighted by atomic mass is 10.2. The molecule has 0 saturated carbocycles. The second-order valence-electron chi connectivity index (χ2n) is 5.60. The molecule has 0 aliphatic rings. The largest absolute Gasteiger partial charge is 0.462 e. The molecule has 1 aromatic heterocycles. The van der Waals surface area contributed by atoms with Gasteiger partial charge >= 0.3 is 11.9 Å². The van der Waals surface area contributed by atoms with Gasteiger partial charge in [0, 0.05) is 6.20 Å². The molecule has 1 heterocycles. The van der Waals surface area contributed by atoms with Crippen molar-refractivity contribution in [1.29, 1.82) is 0 Å². The monoisotopic (exact) mass is 344 g/mol. The summed E-state index contributed by atoms with van der Waals surface area (Å²) in [7, 11) is -4.00. The normalized spacial score (nSPS) is 11.7. The van der Waals surface area contributed by atoms with Gasteiger partial charge in [-0.15, -0.1) is 0 Å². The molecule has 0 spiro atoms. The van der Waals surface area contributed by atoms with Crippen molar-refractivity contribution in [3.05, 3.63) is 23.9 Å². The van der Waals surface area contributed by atoms with E-state index in [-0.39, 0.29) is 18.0 Å². The number of hydrogen-bond donors (Lipinski definition) is 1. The molecule has 0 aliphatic heterocycles. The smallest absolute Gasteiger partial charge is 0.338 e. The van der Waals surface area contributed by atoms with Crippen LogP contribution < -0.4 is 4.72 Å². The van der Waals surface area contributed by atoms with Gasteiger partial charge in [-0.1, -0.05) is 0 Å². The first-order valence-electron chi connectivity index (χ1n) is 6.88. The minimum Gasteiger partial charge on any atom is -0.462 e. The average Bonchev–Trinajstić information content (AvgIpc) is 2.35. The third-order valence-corrected chi connectivity index (χ3v) is 3.39. The second-order valence-corrected chi connectivity index (χ2v) is 7.32. The minimum absolute atomic E-state index is 0.0842. The van der Waals surface area contributed by atoms with Crippen molar-refractivity contribution in [2.45, 2.75) is 33.3 Å². The number of nitrogens with one attached hydrogen (secondary N) is 1. The highest BCUT2D eigenvalue weighted by molar-refractivity contribution is 7.93. The van der Waals surface area contributed by atoms with Crippen LogP contribution in [0.1, 0.15) is 38.1 Å². The van der Waals surface area contributed by atoms with Gasteiger partial charge in [-0.25, -0.2) is 18.2 Å². The predicted octanol–water partition coefficient (Wildman–Crippen LogP) is 1.34. The van der Waals surface area contributed by atoms with Gasteiger partial charge in [0.15, 0.2) is 5.75 Å². The fourth-order valence-electron chi connectivity index (χ4n) is 1.55. The number of sulfonamides is 1. The van der Waals surface area contributed by atoms with Crippen LogP contribution in [0.4, 0.5) is 5.82 Å². The highest BCUT2D eigenvalue weighted by atomic mass is 32.2. The van der Waals surface area contributed by atoms with E-state index in [0.29, 0.717) is 0 Å². The maximum Gasteiger partial charge on any atom is 0.338 e. The van der Waals surface area contributed by atoms with Crippen molar-refractivity contribution in [2.75, 3.05) is 17.1 Å². The Hall–Kier alpha value is -2.16. The van der Waals surface area contributed by atoms with Crippen LogP contribution >= 0.6 is 0 Å². The van der Waals surface area contributed by atoms with E-state index in [4.69, 9.17) is 9.47 Å². The Kier molecular flexibility index (Phi) is 6.08. The summed E-state index contributed by atoms with van der Waals surface area (Å²) in [5.74, 6) is -2.41. The molecule has 0 fully saturated rings. The number of rotatable bonds is 6. The third kappa shape index (κ3) is 7.09. The molecular formula is C14H20N2O6S. The molecule has 0 aliphatic carbocycles. The van der Waals surface area contributed by atoms with Crippen molar-refractivity contribution in [3.8, 4) is 0 Å². The summed E-state index contributed by atoms with van der Waals surface area (Å²) < 4.78 is 35.8. The Balaban J connectivity index is 2.80. The van der Waals surface area contributed by atoms with E-state index >= 15 is 0 Å². The molecule has 0 radical (unpaired) electrons.